The van der Waals surface area contributed by atoms with Gasteiger partial charge < -0.3 is 19.5 Å². The first-order chi connectivity index (χ1) is 12.3. The molecule has 1 N–H and O–H groups in total. The summed E-state index contributed by atoms with van der Waals surface area (Å²) >= 11 is 0. The van der Waals surface area contributed by atoms with Crippen LogP contribution >= 0.6 is 0 Å². The lowest BCUT2D eigenvalue weighted by molar-refractivity contribution is -0.168. The fraction of sp³-hybridized carbons (Fsp3) is 0.778. The van der Waals surface area contributed by atoms with E-state index in [9.17, 15) is 19.2 Å². The average molecular weight is 373 g/mol. The number of hydrogen-bond acceptors (Lipinski definition) is 7. The molecule has 0 saturated carbocycles. The molecule has 0 radical (unpaired) electrons. The summed E-state index contributed by atoms with van der Waals surface area (Å²) in [5.74, 6) is -2.40. The van der Waals surface area contributed by atoms with Crippen molar-refractivity contribution in [1.29, 1.82) is 0 Å². The molecule has 0 saturated heterocycles. The molecule has 0 aliphatic carbocycles. The van der Waals surface area contributed by atoms with Crippen LogP contribution in [0.25, 0.3) is 0 Å². The van der Waals surface area contributed by atoms with E-state index in [0.29, 0.717) is 32.3 Å². The third-order valence-electron chi connectivity index (χ3n) is 3.63. The van der Waals surface area contributed by atoms with Crippen LogP contribution in [0, 0.1) is 0 Å². The van der Waals surface area contributed by atoms with E-state index in [1.807, 2.05) is 0 Å². The number of carbonyl (C=O) groups is 4. The first-order valence-corrected chi connectivity index (χ1v) is 9.12. The molecule has 0 aliphatic heterocycles. The summed E-state index contributed by atoms with van der Waals surface area (Å²) in [6.07, 6.45) is 2.97. The number of ether oxygens (including phenoxy) is 3. The second-order valence-corrected chi connectivity index (χ2v) is 5.75. The zero-order chi connectivity index (χ0) is 20.0. The van der Waals surface area contributed by atoms with E-state index in [2.05, 4.69) is 5.32 Å². The summed E-state index contributed by atoms with van der Waals surface area (Å²) in [6.45, 7) is 6.75. The van der Waals surface area contributed by atoms with Gasteiger partial charge in [-0.1, -0.05) is 12.8 Å². The summed E-state index contributed by atoms with van der Waals surface area (Å²) in [6, 6.07) is 0. The van der Waals surface area contributed by atoms with E-state index in [1.165, 1.54) is 6.92 Å². The lowest BCUT2D eigenvalue weighted by Crippen LogP contribution is -2.61. The molecular formula is C18H31NO7. The number of nitrogens with one attached hydrogen (secondary N) is 1. The van der Waals surface area contributed by atoms with Gasteiger partial charge in [0.2, 0.25) is 11.4 Å². The summed E-state index contributed by atoms with van der Waals surface area (Å²) < 4.78 is 14.8. The molecule has 0 heterocycles. The molecule has 26 heavy (non-hydrogen) atoms. The van der Waals surface area contributed by atoms with Crippen molar-refractivity contribution in [2.75, 3.05) is 19.8 Å². The van der Waals surface area contributed by atoms with E-state index in [4.69, 9.17) is 14.2 Å². The Bertz CT molecular complexity index is 458. The molecule has 0 aromatic rings. The largest absolute Gasteiger partial charge is 0.466 e. The Hall–Kier alpha value is -2.12. The molecule has 0 aromatic carbocycles. The highest BCUT2D eigenvalue weighted by Gasteiger charge is 2.49. The Morgan fingerprint density at radius 1 is 0.769 bits per heavy atom. The van der Waals surface area contributed by atoms with E-state index in [-0.39, 0.29) is 25.6 Å². The van der Waals surface area contributed by atoms with Crippen molar-refractivity contribution >= 4 is 23.8 Å². The number of esters is 3. The predicted molar refractivity (Wildman–Crippen MR) is 94.1 cm³/mol. The van der Waals surface area contributed by atoms with Crippen molar-refractivity contribution in [2.45, 2.75) is 71.8 Å². The van der Waals surface area contributed by atoms with Crippen LogP contribution in [0.15, 0.2) is 0 Å². The van der Waals surface area contributed by atoms with Crippen LogP contribution in [0.1, 0.15) is 66.2 Å². The molecule has 0 fully saturated rings. The van der Waals surface area contributed by atoms with Gasteiger partial charge in [0.15, 0.2) is 0 Å². The Balaban J connectivity index is 4.83. The number of amides is 1. The van der Waals surface area contributed by atoms with Crippen molar-refractivity contribution in [3.63, 3.8) is 0 Å². The van der Waals surface area contributed by atoms with Gasteiger partial charge in [-0.15, -0.1) is 0 Å². The Morgan fingerprint density at radius 2 is 1.27 bits per heavy atom. The van der Waals surface area contributed by atoms with Crippen molar-refractivity contribution in [3.8, 4) is 0 Å². The van der Waals surface area contributed by atoms with Gasteiger partial charge in [-0.3, -0.25) is 9.59 Å². The van der Waals surface area contributed by atoms with Crippen molar-refractivity contribution in [2.24, 2.45) is 0 Å². The zero-order valence-electron chi connectivity index (χ0n) is 16.2. The first kappa shape index (κ1) is 23.9. The van der Waals surface area contributed by atoms with Gasteiger partial charge in [0.1, 0.15) is 0 Å². The standard InChI is InChI=1S/C18H31NO7/c1-5-24-15(21)12-10-8-9-11-13-18(19-14(4)20,16(22)25-6-2)17(23)26-7-3/h5-13H2,1-4H3,(H,19,20). The zero-order valence-corrected chi connectivity index (χ0v) is 16.2. The number of unbranched alkanes of at least 4 members (excludes halogenated alkanes) is 3. The summed E-state index contributed by atoms with van der Waals surface area (Å²) in [5, 5.41) is 2.43. The van der Waals surface area contributed by atoms with Gasteiger partial charge in [0, 0.05) is 13.3 Å². The van der Waals surface area contributed by atoms with E-state index in [1.54, 1.807) is 20.8 Å². The fourth-order valence-electron chi connectivity index (χ4n) is 2.51. The topological polar surface area (TPSA) is 108 Å². The van der Waals surface area contributed by atoms with E-state index >= 15 is 0 Å². The fourth-order valence-corrected chi connectivity index (χ4v) is 2.51. The van der Waals surface area contributed by atoms with Crippen LogP contribution in [0.2, 0.25) is 0 Å². The van der Waals surface area contributed by atoms with Crippen LogP contribution in [0.3, 0.4) is 0 Å². The molecule has 0 atom stereocenters. The molecule has 0 rings (SSSR count). The minimum absolute atomic E-state index is 0.0731. The van der Waals surface area contributed by atoms with Gasteiger partial charge in [-0.25, -0.2) is 9.59 Å². The van der Waals surface area contributed by atoms with E-state index < -0.39 is 23.4 Å². The maximum Gasteiger partial charge on any atom is 0.343 e. The summed E-state index contributed by atoms with van der Waals surface area (Å²) in [4.78, 5) is 47.7. The van der Waals surface area contributed by atoms with Gasteiger partial charge in [0.05, 0.1) is 19.8 Å². The minimum Gasteiger partial charge on any atom is -0.466 e. The highest BCUT2D eigenvalue weighted by Crippen LogP contribution is 2.21. The Labute approximate surface area is 154 Å². The highest BCUT2D eigenvalue weighted by atomic mass is 16.6. The normalized spacial score (nSPS) is 10.8. The highest BCUT2D eigenvalue weighted by molar-refractivity contribution is 6.07. The summed E-state index contributed by atoms with van der Waals surface area (Å²) in [5.41, 5.74) is -1.83. The third-order valence-corrected chi connectivity index (χ3v) is 3.63. The lowest BCUT2D eigenvalue weighted by Gasteiger charge is -2.29. The Morgan fingerprint density at radius 3 is 1.73 bits per heavy atom. The molecule has 0 unspecified atom stereocenters. The van der Waals surface area contributed by atoms with Crippen LogP contribution < -0.4 is 5.32 Å². The lowest BCUT2D eigenvalue weighted by atomic mass is 9.91. The molecule has 0 aromatic heterocycles. The SMILES string of the molecule is CCOC(=O)CCCCCCC(NC(C)=O)(C(=O)OCC)C(=O)OCC. The van der Waals surface area contributed by atoms with Crippen LogP contribution in [0.5, 0.6) is 0 Å². The molecular weight excluding hydrogens is 342 g/mol. The predicted octanol–water partition coefficient (Wildman–Crippen LogP) is 1.89. The molecule has 8 heteroatoms. The second-order valence-electron chi connectivity index (χ2n) is 5.75. The quantitative estimate of drug-likeness (QED) is 0.227. The van der Waals surface area contributed by atoms with Crippen molar-refractivity contribution < 1.29 is 33.4 Å². The van der Waals surface area contributed by atoms with Crippen molar-refractivity contribution in [3.05, 3.63) is 0 Å². The maximum absolute atomic E-state index is 12.4. The summed E-state index contributed by atoms with van der Waals surface area (Å²) in [7, 11) is 0. The molecule has 8 nitrogen and oxygen atoms in total. The van der Waals surface area contributed by atoms with Gasteiger partial charge in [-0.2, -0.15) is 0 Å². The van der Waals surface area contributed by atoms with Gasteiger partial charge in [-0.05, 0) is 40.0 Å². The molecule has 0 spiro atoms. The maximum atomic E-state index is 12.4. The monoisotopic (exact) mass is 373 g/mol. The van der Waals surface area contributed by atoms with Crippen molar-refractivity contribution in [1.82, 2.24) is 5.32 Å². The van der Waals surface area contributed by atoms with Gasteiger partial charge in [0.25, 0.3) is 0 Å². The smallest absolute Gasteiger partial charge is 0.343 e. The molecule has 1 amide bonds. The minimum atomic E-state index is -1.83. The number of rotatable bonds is 13. The third kappa shape index (κ3) is 8.31. The molecule has 0 aliphatic rings. The molecule has 150 valence electrons. The van der Waals surface area contributed by atoms with Crippen LogP contribution in [0.4, 0.5) is 0 Å². The van der Waals surface area contributed by atoms with E-state index in [0.717, 1.165) is 6.42 Å². The number of hydrogen-bond donors (Lipinski definition) is 1. The molecule has 0 bridgehead atoms. The number of carbonyl (C=O) groups excluding carboxylic acids is 4. The first-order valence-electron chi connectivity index (χ1n) is 9.12. The Kier molecular flexibility index (Phi) is 12.1. The second kappa shape index (κ2) is 13.1. The van der Waals surface area contributed by atoms with Crippen LogP contribution in [-0.4, -0.2) is 49.2 Å². The average Bonchev–Trinajstić information content (AvgIpc) is 2.57. The van der Waals surface area contributed by atoms with Gasteiger partial charge >= 0.3 is 17.9 Å². The van der Waals surface area contributed by atoms with Crippen LogP contribution in [-0.2, 0) is 33.4 Å².